The van der Waals surface area contributed by atoms with Gasteiger partial charge in [0.2, 0.25) is 0 Å². The van der Waals surface area contributed by atoms with Gasteiger partial charge in [0.25, 0.3) is 5.92 Å². The predicted octanol–water partition coefficient (Wildman–Crippen LogP) is 3.32. The van der Waals surface area contributed by atoms with Gasteiger partial charge < -0.3 is 14.6 Å². The Bertz CT molecular complexity index is 465. The van der Waals surface area contributed by atoms with Gasteiger partial charge in [-0.05, 0) is 38.2 Å². The van der Waals surface area contributed by atoms with E-state index in [1.807, 2.05) is 13.8 Å². The van der Waals surface area contributed by atoms with Gasteiger partial charge in [0.15, 0.2) is 0 Å². The number of halogens is 2. The van der Waals surface area contributed by atoms with Crippen LogP contribution in [0.5, 0.6) is 0 Å². The Morgan fingerprint density at radius 1 is 1.44 bits per heavy atom. The SMILES string of the molecule is CCOP(CC)CCC(F)(F)C1CCC(N(/C=C\C=O)C(=O)NC)O1. The summed E-state index contributed by atoms with van der Waals surface area (Å²) in [7, 11) is 0.581. The molecule has 3 unspecified atom stereocenters. The molecule has 9 heteroatoms. The summed E-state index contributed by atoms with van der Waals surface area (Å²) in [6.07, 6.45) is 2.02. The molecule has 1 N–H and O–H groups in total. The summed E-state index contributed by atoms with van der Waals surface area (Å²) in [5, 5.41) is 2.40. The van der Waals surface area contributed by atoms with E-state index in [0.717, 1.165) is 17.1 Å². The molecule has 1 aliphatic heterocycles. The number of carbonyl (C=O) groups is 2. The number of alkyl halides is 2. The molecule has 25 heavy (non-hydrogen) atoms. The smallest absolute Gasteiger partial charge is 0.323 e. The van der Waals surface area contributed by atoms with Crippen molar-refractivity contribution in [2.45, 2.75) is 51.4 Å². The Balaban J connectivity index is 2.67. The van der Waals surface area contributed by atoms with Crippen LogP contribution in [0.1, 0.15) is 33.1 Å². The van der Waals surface area contributed by atoms with Crippen molar-refractivity contribution in [1.82, 2.24) is 10.2 Å². The van der Waals surface area contributed by atoms with Crippen LogP contribution in [0, 0.1) is 0 Å². The van der Waals surface area contributed by atoms with Crippen molar-refractivity contribution < 1.29 is 27.6 Å². The number of carbonyl (C=O) groups excluding carboxylic acids is 2. The molecule has 0 aliphatic carbocycles. The monoisotopic (exact) mass is 380 g/mol. The second kappa shape index (κ2) is 10.8. The molecule has 6 nitrogen and oxygen atoms in total. The lowest BCUT2D eigenvalue weighted by atomic mass is 10.1. The van der Waals surface area contributed by atoms with Gasteiger partial charge in [0.1, 0.15) is 18.6 Å². The van der Waals surface area contributed by atoms with E-state index in [9.17, 15) is 18.4 Å². The first-order chi connectivity index (χ1) is 11.9. The number of amides is 2. The summed E-state index contributed by atoms with van der Waals surface area (Å²) in [5.74, 6) is -2.98. The fraction of sp³-hybridized carbons (Fsp3) is 0.750. The number of hydrogen-bond donors (Lipinski definition) is 1. The molecule has 1 aliphatic rings. The Morgan fingerprint density at radius 3 is 2.72 bits per heavy atom. The van der Waals surface area contributed by atoms with Crippen molar-refractivity contribution in [2.75, 3.05) is 26.0 Å². The van der Waals surface area contributed by atoms with E-state index in [1.165, 1.54) is 13.2 Å². The van der Waals surface area contributed by atoms with Gasteiger partial charge in [-0.1, -0.05) is 6.92 Å². The lowest BCUT2D eigenvalue weighted by Crippen LogP contribution is -2.43. The van der Waals surface area contributed by atoms with Crippen LogP contribution >= 0.6 is 8.15 Å². The molecule has 1 rings (SSSR count). The van der Waals surface area contributed by atoms with E-state index in [0.29, 0.717) is 19.1 Å². The number of ether oxygens (including phenoxy) is 1. The summed E-state index contributed by atoms with van der Waals surface area (Å²) >= 11 is 0. The first kappa shape index (κ1) is 21.9. The molecule has 0 aromatic carbocycles. The summed E-state index contributed by atoms with van der Waals surface area (Å²) in [6, 6.07) is -0.516. The average molecular weight is 380 g/mol. The van der Waals surface area contributed by atoms with Crippen LogP contribution in [-0.4, -0.2) is 61.4 Å². The maximum Gasteiger partial charge on any atom is 0.323 e. The first-order valence-electron chi connectivity index (χ1n) is 8.42. The third-order valence-corrected chi connectivity index (χ3v) is 5.96. The Hall–Kier alpha value is -1.11. The molecule has 0 aromatic rings. The number of hydrogen-bond acceptors (Lipinski definition) is 4. The fourth-order valence-electron chi connectivity index (χ4n) is 2.62. The Kier molecular flexibility index (Phi) is 9.46. The largest absolute Gasteiger partial charge is 0.360 e. The van der Waals surface area contributed by atoms with Crippen LogP contribution in [-0.2, 0) is 14.1 Å². The van der Waals surface area contributed by atoms with Gasteiger partial charge >= 0.3 is 6.03 Å². The lowest BCUT2D eigenvalue weighted by Gasteiger charge is -2.28. The fourth-order valence-corrected chi connectivity index (χ4v) is 4.16. The highest BCUT2D eigenvalue weighted by molar-refractivity contribution is 7.52. The van der Waals surface area contributed by atoms with Crippen LogP contribution in [0.3, 0.4) is 0 Å². The maximum absolute atomic E-state index is 14.5. The van der Waals surface area contributed by atoms with E-state index in [1.54, 1.807) is 0 Å². The van der Waals surface area contributed by atoms with E-state index in [2.05, 4.69) is 5.32 Å². The van der Waals surface area contributed by atoms with Gasteiger partial charge in [0.05, 0.1) is 0 Å². The number of rotatable bonds is 10. The topological polar surface area (TPSA) is 67.9 Å². The highest BCUT2D eigenvalue weighted by atomic mass is 31.1. The molecular weight excluding hydrogens is 353 g/mol. The number of nitrogens with one attached hydrogen (secondary N) is 1. The molecule has 144 valence electrons. The van der Waals surface area contributed by atoms with Crippen LogP contribution in [0.4, 0.5) is 13.6 Å². The zero-order valence-corrected chi connectivity index (χ0v) is 15.8. The van der Waals surface area contributed by atoms with Gasteiger partial charge in [0, 0.05) is 34.4 Å². The third-order valence-electron chi connectivity index (χ3n) is 3.91. The zero-order valence-electron chi connectivity index (χ0n) is 14.9. The minimum absolute atomic E-state index is 0.152. The number of nitrogens with zero attached hydrogens (tertiary/aromatic N) is 1. The van der Waals surface area contributed by atoms with Crippen LogP contribution < -0.4 is 5.32 Å². The summed E-state index contributed by atoms with van der Waals surface area (Å²) in [6.45, 7) is 4.31. The summed E-state index contributed by atoms with van der Waals surface area (Å²) < 4.78 is 39.9. The van der Waals surface area contributed by atoms with Gasteiger partial charge in [-0.2, -0.15) is 0 Å². The first-order valence-corrected chi connectivity index (χ1v) is 10.1. The normalized spacial score (nSPS) is 22.1. The standard InChI is InChI=1S/C16H27F2N2O4P/c1-4-23-25(5-2)12-9-16(17,18)13-7-8-14(24-13)20(10-6-11-21)15(22)19-3/h6,10-11,13-14H,4-5,7-9,12H2,1-3H3,(H,19,22)/b10-6-. The van der Waals surface area contributed by atoms with Crippen molar-refractivity contribution in [1.29, 1.82) is 0 Å². The number of aldehydes is 1. The zero-order chi connectivity index (χ0) is 18.9. The second-order valence-corrected chi connectivity index (χ2v) is 7.85. The van der Waals surface area contributed by atoms with Crippen LogP contribution in [0.2, 0.25) is 0 Å². The lowest BCUT2D eigenvalue weighted by molar-refractivity contribution is -0.147. The Morgan fingerprint density at radius 2 is 2.16 bits per heavy atom. The average Bonchev–Trinajstić information content (AvgIpc) is 3.09. The minimum Gasteiger partial charge on any atom is -0.360 e. The third kappa shape index (κ3) is 6.60. The molecule has 1 saturated heterocycles. The molecule has 1 fully saturated rings. The quantitative estimate of drug-likeness (QED) is 0.359. The van der Waals surface area contributed by atoms with Crippen LogP contribution in [0.15, 0.2) is 12.3 Å². The van der Waals surface area contributed by atoms with Crippen molar-refractivity contribution in [2.24, 2.45) is 0 Å². The predicted molar refractivity (Wildman–Crippen MR) is 92.9 cm³/mol. The molecule has 0 aromatic heterocycles. The van der Waals surface area contributed by atoms with E-state index >= 15 is 0 Å². The Labute approximate surface area is 148 Å². The molecule has 2 amide bonds. The molecule has 0 bridgehead atoms. The van der Waals surface area contributed by atoms with Gasteiger partial charge in [-0.25, -0.2) is 13.6 Å². The molecule has 3 atom stereocenters. The molecule has 0 spiro atoms. The van der Waals surface area contributed by atoms with Crippen LogP contribution in [0.25, 0.3) is 0 Å². The number of allylic oxidation sites excluding steroid dienone is 1. The van der Waals surface area contributed by atoms with E-state index < -0.39 is 32.4 Å². The molecule has 1 heterocycles. The van der Waals surface area contributed by atoms with Gasteiger partial charge in [-0.3, -0.25) is 9.69 Å². The maximum atomic E-state index is 14.5. The van der Waals surface area contributed by atoms with Crippen molar-refractivity contribution in [3.8, 4) is 0 Å². The second-order valence-electron chi connectivity index (χ2n) is 5.55. The highest BCUT2D eigenvalue weighted by Gasteiger charge is 2.46. The van der Waals surface area contributed by atoms with Gasteiger partial charge in [-0.15, -0.1) is 0 Å². The van der Waals surface area contributed by atoms with E-state index in [-0.39, 0.29) is 19.3 Å². The van der Waals surface area contributed by atoms with Crippen molar-refractivity contribution in [3.63, 3.8) is 0 Å². The summed E-state index contributed by atoms with van der Waals surface area (Å²) in [5.41, 5.74) is 0. The summed E-state index contributed by atoms with van der Waals surface area (Å²) in [4.78, 5) is 23.5. The molecule has 0 radical (unpaired) electrons. The minimum atomic E-state index is -2.98. The highest BCUT2D eigenvalue weighted by Crippen LogP contribution is 2.42. The molecule has 0 saturated carbocycles. The molecular formula is C16H27F2N2O4P. The number of urea groups is 1. The van der Waals surface area contributed by atoms with E-state index in [4.69, 9.17) is 9.26 Å². The van der Waals surface area contributed by atoms with Crippen molar-refractivity contribution >= 4 is 20.5 Å². The van der Waals surface area contributed by atoms with Crippen molar-refractivity contribution in [3.05, 3.63) is 12.3 Å².